The number of carbonyl (C=O) groups is 1. The van der Waals surface area contributed by atoms with Gasteiger partial charge in [0.15, 0.2) is 0 Å². The lowest BCUT2D eigenvalue weighted by atomic mass is 9.48. The van der Waals surface area contributed by atoms with Crippen LogP contribution in [-0.4, -0.2) is 33.7 Å². The Kier molecular flexibility index (Phi) is 6.09. The highest BCUT2D eigenvalue weighted by molar-refractivity contribution is 7.92. The molecule has 0 radical (unpaired) electrons. The molecule has 0 spiro atoms. The highest BCUT2D eigenvalue weighted by Crippen LogP contribution is 2.60. The standard InChI is InChI=1S/C27H34N2O4S/c1-3-33-25-7-5-4-6-24(25)28-26(30)18-29(34(2,31)32)23-10-8-22(9-11-23)27-15-19-12-20(16-27)14-21(13-19)17-27/h4-11,19-21H,3,12-18H2,1-2H3,(H,28,30). The van der Waals surface area contributed by atoms with E-state index in [0.717, 1.165) is 24.0 Å². The van der Waals surface area contributed by atoms with E-state index in [1.54, 1.807) is 18.2 Å². The summed E-state index contributed by atoms with van der Waals surface area (Å²) in [7, 11) is -3.64. The summed E-state index contributed by atoms with van der Waals surface area (Å²) in [4.78, 5) is 12.8. The van der Waals surface area contributed by atoms with Gasteiger partial charge >= 0.3 is 0 Å². The Morgan fingerprint density at radius 1 is 1.00 bits per heavy atom. The minimum absolute atomic E-state index is 0.254. The number of rotatable bonds is 8. The minimum atomic E-state index is -3.64. The average Bonchev–Trinajstić information content (AvgIpc) is 2.77. The molecule has 182 valence electrons. The van der Waals surface area contributed by atoms with Crippen molar-refractivity contribution >= 4 is 27.3 Å². The van der Waals surface area contributed by atoms with Crippen LogP contribution in [0.15, 0.2) is 48.5 Å². The van der Waals surface area contributed by atoms with Crippen molar-refractivity contribution in [2.75, 3.05) is 29.0 Å². The number of hydrogen-bond donors (Lipinski definition) is 1. The molecule has 0 atom stereocenters. The number of nitrogens with one attached hydrogen (secondary N) is 1. The van der Waals surface area contributed by atoms with Crippen LogP contribution in [0.5, 0.6) is 5.75 Å². The second-order valence-electron chi connectivity index (χ2n) is 10.5. The van der Waals surface area contributed by atoms with Crippen molar-refractivity contribution in [1.29, 1.82) is 0 Å². The Labute approximate surface area is 202 Å². The van der Waals surface area contributed by atoms with Gasteiger partial charge in [-0.25, -0.2) is 8.42 Å². The van der Waals surface area contributed by atoms with Gasteiger partial charge in [-0.2, -0.15) is 0 Å². The Morgan fingerprint density at radius 3 is 2.15 bits per heavy atom. The fourth-order valence-electron chi connectivity index (χ4n) is 7.02. The first-order valence-corrected chi connectivity index (χ1v) is 14.2. The number of carbonyl (C=O) groups excluding carboxylic acids is 1. The first kappa shape index (κ1) is 23.2. The zero-order chi connectivity index (χ0) is 23.9. The third kappa shape index (κ3) is 4.54. The van der Waals surface area contributed by atoms with Crippen molar-refractivity contribution in [2.24, 2.45) is 17.8 Å². The van der Waals surface area contributed by atoms with Gasteiger partial charge in [-0.3, -0.25) is 9.10 Å². The summed E-state index contributed by atoms with van der Waals surface area (Å²) in [6.07, 6.45) is 9.09. The van der Waals surface area contributed by atoms with Gasteiger partial charge in [0.2, 0.25) is 15.9 Å². The molecule has 0 heterocycles. The first-order chi connectivity index (χ1) is 16.3. The normalized spacial score (nSPS) is 27.4. The SMILES string of the molecule is CCOc1ccccc1NC(=O)CN(c1ccc(C23CC4CC(CC(C4)C2)C3)cc1)S(C)(=O)=O. The zero-order valence-corrected chi connectivity index (χ0v) is 20.8. The van der Waals surface area contributed by atoms with E-state index >= 15 is 0 Å². The Bertz CT molecular complexity index is 1120. The van der Waals surface area contributed by atoms with Crippen molar-refractivity contribution in [3.05, 3.63) is 54.1 Å². The second-order valence-corrected chi connectivity index (χ2v) is 12.4. The summed E-state index contributed by atoms with van der Waals surface area (Å²) in [6, 6.07) is 15.1. The summed E-state index contributed by atoms with van der Waals surface area (Å²) in [5.41, 5.74) is 2.63. The topological polar surface area (TPSA) is 75.7 Å². The van der Waals surface area contributed by atoms with E-state index in [4.69, 9.17) is 4.74 Å². The molecule has 6 nitrogen and oxygen atoms in total. The third-order valence-electron chi connectivity index (χ3n) is 7.95. The fourth-order valence-corrected chi connectivity index (χ4v) is 7.87. The van der Waals surface area contributed by atoms with Crippen LogP contribution >= 0.6 is 0 Å². The van der Waals surface area contributed by atoms with E-state index in [9.17, 15) is 13.2 Å². The molecule has 0 saturated heterocycles. The van der Waals surface area contributed by atoms with Crippen LogP contribution < -0.4 is 14.4 Å². The molecule has 1 amide bonds. The maximum Gasteiger partial charge on any atom is 0.245 e. The molecule has 4 aliphatic carbocycles. The van der Waals surface area contributed by atoms with E-state index in [1.807, 2.05) is 25.1 Å². The minimum Gasteiger partial charge on any atom is -0.492 e. The summed E-state index contributed by atoms with van der Waals surface area (Å²) in [6.45, 7) is 2.05. The van der Waals surface area contributed by atoms with Gasteiger partial charge in [-0.1, -0.05) is 24.3 Å². The molecule has 7 heteroatoms. The van der Waals surface area contributed by atoms with Gasteiger partial charge < -0.3 is 10.1 Å². The number of ether oxygens (including phenoxy) is 1. The molecule has 4 saturated carbocycles. The Morgan fingerprint density at radius 2 is 1.59 bits per heavy atom. The lowest BCUT2D eigenvalue weighted by Gasteiger charge is -2.57. The van der Waals surface area contributed by atoms with Gasteiger partial charge in [0.1, 0.15) is 12.3 Å². The van der Waals surface area contributed by atoms with Crippen LogP contribution in [0.3, 0.4) is 0 Å². The van der Waals surface area contributed by atoms with E-state index in [0.29, 0.717) is 23.7 Å². The summed E-state index contributed by atoms with van der Waals surface area (Å²) >= 11 is 0. The summed E-state index contributed by atoms with van der Waals surface area (Å²) in [5, 5.41) is 2.80. The van der Waals surface area contributed by atoms with Crippen molar-refractivity contribution < 1.29 is 17.9 Å². The third-order valence-corrected chi connectivity index (χ3v) is 9.10. The molecule has 6 rings (SSSR count). The Hall–Kier alpha value is -2.54. The largest absolute Gasteiger partial charge is 0.492 e. The molecule has 0 unspecified atom stereocenters. The number of anilines is 2. The van der Waals surface area contributed by atoms with E-state index in [1.165, 1.54) is 48.4 Å². The van der Waals surface area contributed by atoms with Gasteiger partial charge in [0.05, 0.1) is 24.2 Å². The number of benzene rings is 2. The maximum absolute atomic E-state index is 12.8. The second kappa shape index (κ2) is 8.91. The highest BCUT2D eigenvalue weighted by Gasteiger charge is 2.51. The van der Waals surface area contributed by atoms with Crippen molar-refractivity contribution in [3.8, 4) is 5.75 Å². The van der Waals surface area contributed by atoms with E-state index < -0.39 is 15.9 Å². The molecule has 0 aromatic heterocycles. The van der Waals surface area contributed by atoms with Crippen LogP contribution in [0.4, 0.5) is 11.4 Å². The molecule has 0 aliphatic heterocycles. The van der Waals surface area contributed by atoms with Gasteiger partial charge in [0.25, 0.3) is 0 Å². The van der Waals surface area contributed by atoms with Crippen LogP contribution in [0, 0.1) is 17.8 Å². The molecule has 2 aromatic carbocycles. The number of para-hydroxylation sites is 2. The molecular weight excluding hydrogens is 448 g/mol. The number of amides is 1. The number of hydrogen-bond acceptors (Lipinski definition) is 4. The molecule has 4 aliphatic rings. The van der Waals surface area contributed by atoms with Crippen LogP contribution in [0.2, 0.25) is 0 Å². The van der Waals surface area contributed by atoms with Crippen LogP contribution in [0.1, 0.15) is 51.0 Å². The predicted molar refractivity (Wildman–Crippen MR) is 135 cm³/mol. The van der Waals surface area contributed by atoms with Crippen molar-refractivity contribution in [3.63, 3.8) is 0 Å². The number of sulfonamides is 1. The lowest BCUT2D eigenvalue weighted by Crippen LogP contribution is -2.48. The van der Waals surface area contributed by atoms with Gasteiger partial charge in [-0.15, -0.1) is 0 Å². The zero-order valence-electron chi connectivity index (χ0n) is 20.0. The maximum atomic E-state index is 12.8. The smallest absolute Gasteiger partial charge is 0.245 e. The average molecular weight is 483 g/mol. The van der Waals surface area contributed by atoms with Gasteiger partial charge in [-0.05, 0) is 98.4 Å². The van der Waals surface area contributed by atoms with Crippen LogP contribution in [0.25, 0.3) is 0 Å². The molecule has 2 aromatic rings. The van der Waals surface area contributed by atoms with E-state index in [2.05, 4.69) is 17.4 Å². The monoisotopic (exact) mass is 482 g/mol. The van der Waals surface area contributed by atoms with Crippen LogP contribution in [-0.2, 0) is 20.2 Å². The molecule has 1 N–H and O–H groups in total. The first-order valence-electron chi connectivity index (χ1n) is 12.4. The molecular formula is C27H34N2O4S. The molecule has 34 heavy (non-hydrogen) atoms. The van der Waals surface area contributed by atoms with Gasteiger partial charge in [0, 0.05) is 0 Å². The summed E-state index contributed by atoms with van der Waals surface area (Å²) in [5.74, 6) is 2.69. The van der Waals surface area contributed by atoms with E-state index in [-0.39, 0.29) is 12.0 Å². The highest BCUT2D eigenvalue weighted by atomic mass is 32.2. The number of nitrogens with zero attached hydrogens (tertiary/aromatic N) is 1. The van der Waals surface area contributed by atoms with Crippen molar-refractivity contribution in [1.82, 2.24) is 0 Å². The molecule has 4 fully saturated rings. The predicted octanol–water partition coefficient (Wildman–Crippen LogP) is 4.96. The lowest BCUT2D eigenvalue weighted by molar-refractivity contribution is -0.114. The Balaban J connectivity index is 1.34. The molecule has 4 bridgehead atoms. The quantitative estimate of drug-likeness (QED) is 0.577. The van der Waals surface area contributed by atoms with Crippen molar-refractivity contribution in [2.45, 2.75) is 50.9 Å². The summed E-state index contributed by atoms with van der Waals surface area (Å²) < 4.78 is 32.0. The fraction of sp³-hybridized carbons (Fsp3) is 0.519.